The van der Waals surface area contributed by atoms with Crippen molar-refractivity contribution in [1.82, 2.24) is 0 Å². The van der Waals surface area contributed by atoms with Crippen LogP contribution in [0.1, 0.15) is 44.9 Å². The van der Waals surface area contributed by atoms with Crippen molar-refractivity contribution in [1.29, 1.82) is 0 Å². The van der Waals surface area contributed by atoms with Crippen LogP contribution in [-0.2, 0) is 0 Å². The molecule has 0 bridgehead atoms. The number of hydrogen-bond donors (Lipinski definition) is 0. The third kappa shape index (κ3) is 2.79. The van der Waals surface area contributed by atoms with Crippen molar-refractivity contribution in [2.75, 3.05) is 0 Å². The van der Waals surface area contributed by atoms with E-state index in [0.29, 0.717) is 5.56 Å². The van der Waals surface area contributed by atoms with Gasteiger partial charge >= 0.3 is 0 Å². The Morgan fingerprint density at radius 2 is 1.55 bits per heavy atom. The highest BCUT2D eigenvalue weighted by Gasteiger charge is 2.25. The first kappa shape index (κ1) is 14.9. The first-order chi connectivity index (χ1) is 10.6. The summed E-state index contributed by atoms with van der Waals surface area (Å²) in [6.07, 6.45) is 0.860. The Balaban J connectivity index is 2.19. The normalized spacial score (nSPS) is 11.1. The molecular weight excluding hydrogens is 344 g/mol. The molecule has 3 nitrogen and oxygen atoms in total. The average Bonchev–Trinajstić information content (AvgIpc) is 3.10. The van der Waals surface area contributed by atoms with Crippen molar-refractivity contribution >= 4 is 22.2 Å². The fourth-order valence-corrected chi connectivity index (χ4v) is 2.95. The van der Waals surface area contributed by atoms with Gasteiger partial charge < -0.3 is 8.83 Å². The maximum absolute atomic E-state index is 11.5. The molecule has 3 aromatic rings. The van der Waals surface area contributed by atoms with Gasteiger partial charge in [0.2, 0.25) is 0 Å². The first-order valence-corrected chi connectivity index (χ1v) is 7.75. The number of aryl methyl sites for hydroxylation is 2. The summed E-state index contributed by atoms with van der Waals surface area (Å²) in [7, 11) is 0. The molecule has 0 unspecified atom stereocenters. The molecule has 0 amide bonds. The Kier molecular flexibility index (Phi) is 4.03. The standard InChI is InChI=1S/C18H15BrO3/c1-11-3-7-16(21-11)18(17-8-4-12(2)22-17)15-6-5-14(19)9-13(15)10-20/h3-10,18H,1-2H3. The van der Waals surface area contributed by atoms with E-state index in [2.05, 4.69) is 15.9 Å². The van der Waals surface area contributed by atoms with Gasteiger partial charge in [0.05, 0.1) is 0 Å². The second kappa shape index (κ2) is 5.97. The zero-order valence-electron chi connectivity index (χ0n) is 12.3. The largest absolute Gasteiger partial charge is 0.465 e. The van der Waals surface area contributed by atoms with Gasteiger partial charge in [0.15, 0.2) is 0 Å². The lowest BCUT2D eigenvalue weighted by molar-refractivity contribution is 0.112. The van der Waals surface area contributed by atoms with E-state index in [4.69, 9.17) is 8.83 Å². The van der Waals surface area contributed by atoms with Crippen LogP contribution in [-0.4, -0.2) is 6.29 Å². The highest BCUT2D eigenvalue weighted by Crippen LogP contribution is 2.36. The molecule has 112 valence electrons. The average molecular weight is 359 g/mol. The molecule has 2 heterocycles. The van der Waals surface area contributed by atoms with Gasteiger partial charge in [-0.15, -0.1) is 0 Å². The second-order valence-corrected chi connectivity index (χ2v) is 6.14. The summed E-state index contributed by atoms with van der Waals surface area (Å²) in [6.45, 7) is 3.80. The van der Waals surface area contributed by atoms with Crippen LogP contribution in [0.3, 0.4) is 0 Å². The van der Waals surface area contributed by atoms with E-state index < -0.39 is 0 Å². The van der Waals surface area contributed by atoms with Crippen molar-refractivity contribution in [3.8, 4) is 0 Å². The Morgan fingerprint density at radius 1 is 0.955 bits per heavy atom. The SMILES string of the molecule is Cc1ccc(C(c2ccc(C)o2)c2ccc(Br)cc2C=O)o1. The predicted octanol–water partition coefficient (Wildman–Crippen LogP) is 5.24. The predicted molar refractivity (Wildman–Crippen MR) is 87.4 cm³/mol. The zero-order chi connectivity index (χ0) is 15.7. The lowest BCUT2D eigenvalue weighted by atomic mass is 9.90. The molecule has 0 atom stereocenters. The molecule has 0 N–H and O–H groups in total. The van der Waals surface area contributed by atoms with E-state index in [1.165, 1.54) is 0 Å². The fourth-order valence-electron chi connectivity index (χ4n) is 2.57. The van der Waals surface area contributed by atoms with Crippen molar-refractivity contribution < 1.29 is 13.6 Å². The number of halogens is 1. The molecule has 22 heavy (non-hydrogen) atoms. The van der Waals surface area contributed by atoms with Crippen LogP contribution in [0.4, 0.5) is 0 Å². The molecule has 2 aromatic heterocycles. The van der Waals surface area contributed by atoms with Crippen LogP contribution in [0.25, 0.3) is 0 Å². The summed E-state index contributed by atoms with van der Waals surface area (Å²) in [5.74, 6) is 2.94. The molecule has 0 saturated heterocycles. The highest BCUT2D eigenvalue weighted by molar-refractivity contribution is 9.10. The Hall–Kier alpha value is -2.07. The van der Waals surface area contributed by atoms with Gasteiger partial charge in [-0.3, -0.25) is 4.79 Å². The van der Waals surface area contributed by atoms with E-state index in [0.717, 1.165) is 39.4 Å². The van der Waals surface area contributed by atoms with Gasteiger partial charge in [-0.25, -0.2) is 0 Å². The van der Waals surface area contributed by atoms with Crippen LogP contribution in [0, 0.1) is 13.8 Å². The molecule has 0 aliphatic rings. The molecule has 0 aliphatic carbocycles. The molecule has 0 saturated carbocycles. The van der Waals surface area contributed by atoms with Gasteiger partial charge in [-0.2, -0.15) is 0 Å². The summed E-state index contributed by atoms with van der Waals surface area (Å²) in [5.41, 5.74) is 1.48. The smallest absolute Gasteiger partial charge is 0.150 e. The van der Waals surface area contributed by atoms with Crippen LogP contribution in [0.15, 0.2) is 55.8 Å². The molecule has 0 spiro atoms. The minimum Gasteiger partial charge on any atom is -0.465 e. The number of aldehydes is 1. The minimum atomic E-state index is -0.240. The van der Waals surface area contributed by atoms with E-state index >= 15 is 0 Å². The Labute approximate surface area is 137 Å². The molecule has 3 rings (SSSR count). The number of carbonyl (C=O) groups excluding carboxylic acids is 1. The number of benzene rings is 1. The van der Waals surface area contributed by atoms with Crippen molar-refractivity contribution in [3.63, 3.8) is 0 Å². The number of carbonyl (C=O) groups is 1. The van der Waals surface area contributed by atoms with Crippen molar-refractivity contribution in [3.05, 3.63) is 81.1 Å². The lowest BCUT2D eigenvalue weighted by Crippen LogP contribution is -2.05. The van der Waals surface area contributed by atoms with E-state index in [1.54, 1.807) is 6.07 Å². The first-order valence-electron chi connectivity index (χ1n) is 6.96. The van der Waals surface area contributed by atoms with E-state index in [9.17, 15) is 4.79 Å². The third-order valence-corrected chi connectivity index (χ3v) is 4.07. The Bertz CT molecular complexity index is 773. The molecule has 4 heteroatoms. The fraction of sp³-hybridized carbons (Fsp3) is 0.167. The third-order valence-electron chi connectivity index (χ3n) is 3.58. The van der Waals surface area contributed by atoms with Crippen LogP contribution < -0.4 is 0 Å². The highest BCUT2D eigenvalue weighted by atomic mass is 79.9. The molecule has 0 radical (unpaired) electrons. The molecule has 0 aliphatic heterocycles. The number of hydrogen-bond acceptors (Lipinski definition) is 3. The van der Waals surface area contributed by atoms with Gasteiger partial charge in [-0.1, -0.05) is 22.0 Å². The maximum Gasteiger partial charge on any atom is 0.150 e. The van der Waals surface area contributed by atoms with Crippen molar-refractivity contribution in [2.24, 2.45) is 0 Å². The summed E-state index contributed by atoms with van der Waals surface area (Å²) in [5, 5.41) is 0. The molecule has 0 fully saturated rings. The number of rotatable bonds is 4. The molecular formula is C18H15BrO3. The van der Waals surface area contributed by atoms with Gasteiger partial charge in [0.25, 0.3) is 0 Å². The van der Waals surface area contributed by atoms with E-state index in [1.807, 2.05) is 50.2 Å². The summed E-state index contributed by atoms with van der Waals surface area (Å²) in [4.78, 5) is 11.5. The van der Waals surface area contributed by atoms with Gasteiger partial charge in [-0.05, 0) is 55.8 Å². The topological polar surface area (TPSA) is 43.4 Å². The van der Waals surface area contributed by atoms with E-state index in [-0.39, 0.29) is 5.92 Å². The summed E-state index contributed by atoms with van der Waals surface area (Å²) < 4.78 is 12.5. The summed E-state index contributed by atoms with van der Waals surface area (Å²) in [6, 6.07) is 13.3. The monoisotopic (exact) mass is 358 g/mol. The number of furan rings is 2. The van der Waals surface area contributed by atoms with Crippen LogP contribution >= 0.6 is 15.9 Å². The lowest BCUT2D eigenvalue weighted by Gasteiger charge is -2.15. The quantitative estimate of drug-likeness (QED) is 0.598. The van der Waals surface area contributed by atoms with Gasteiger partial charge in [0.1, 0.15) is 35.2 Å². The van der Waals surface area contributed by atoms with Gasteiger partial charge in [0, 0.05) is 10.0 Å². The summed E-state index contributed by atoms with van der Waals surface area (Å²) >= 11 is 3.40. The zero-order valence-corrected chi connectivity index (χ0v) is 13.9. The Morgan fingerprint density at radius 3 is 2.00 bits per heavy atom. The maximum atomic E-state index is 11.5. The van der Waals surface area contributed by atoms with Crippen molar-refractivity contribution in [2.45, 2.75) is 19.8 Å². The van der Waals surface area contributed by atoms with Crippen LogP contribution in [0.2, 0.25) is 0 Å². The minimum absolute atomic E-state index is 0.240. The second-order valence-electron chi connectivity index (χ2n) is 5.22. The molecule has 1 aromatic carbocycles. The van der Waals surface area contributed by atoms with Crippen LogP contribution in [0.5, 0.6) is 0 Å².